The lowest BCUT2D eigenvalue weighted by Crippen LogP contribution is -2.47. The summed E-state index contributed by atoms with van der Waals surface area (Å²) in [5.41, 5.74) is -2.08. The van der Waals surface area contributed by atoms with Gasteiger partial charge < -0.3 is 9.88 Å². The van der Waals surface area contributed by atoms with E-state index in [2.05, 4.69) is 5.32 Å². The van der Waals surface area contributed by atoms with Crippen LogP contribution in [0.25, 0.3) is 0 Å². The van der Waals surface area contributed by atoms with Crippen LogP contribution in [0.2, 0.25) is 0 Å². The highest BCUT2D eigenvalue weighted by atomic mass is 19.4. The number of carbonyl (C=O) groups is 1. The molecule has 27 heavy (non-hydrogen) atoms. The van der Waals surface area contributed by atoms with Gasteiger partial charge in [0.05, 0.1) is 0 Å². The highest BCUT2D eigenvalue weighted by Crippen LogP contribution is 2.61. The quantitative estimate of drug-likeness (QED) is 0.846. The summed E-state index contributed by atoms with van der Waals surface area (Å²) in [5.74, 6) is 2.11. The van der Waals surface area contributed by atoms with Crippen LogP contribution in [0.5, 0.6) is 0 Å². The van der Waals surface area contributed by atoms with Crippen molar-refractivity contribution in [2.45, 2.75) is 57.7 Å². The van der Waals surface area contributed by atoms with E-state index < -0.39 is 23.2 Å². The molecule has 5 rings (SSSR count). The number of carbonyl (C=O) groups excluding carboxylic acids is 1. The van der Waals surface area contributed by atoms with Crippen LogP contribution in [-0.4, -0.2) is 17.0 Å². The summed E-state index contributed by atoms with van der Waals surface area (Å²) in [6, 6.07) is 1.89. The van der Waals surface area contributed by atoms with E-state index in [4.69, 9.17) is 0 Å². The molecule has 7 heteroatoms. The average Bonchev–Trinajstić information content (AvgIpc) is 2.54. The largest absolute Gasteiger partial charge is 0.421 e. The monoisotopic (exact) mass is 382 g/mol. The van der Waals surface area contributed by atoms with Gasteiger partial charge in [-0.05, 0) is 80.2 Å². The predicted octanol–water partition coefficient (Wildman–Crippen LogP) is 3.59. The van der Waals surface area contributed by atoms with Gasteiger partial charge in [0, 0.05) is 12.7 Å². The predicted molar refractivity (Wildman–Crippen MR) is 93.9 cm³/mol. The average molecular weight is 382 g/mol. The number of amides is 1. The molecule has 1 heterocycles. The molecule has 4 aliphatic rings. The molecular weight excluding hydrogens is 357 g/mol. The summed E-state index contributed by atoms with van der Waals surface area (Å²) in [6.45, 7) is 0.141. The van der Waals surface area contributed by atoms with Gasteiger partial charge in [0.15, 0.2) is 0 Å². The summed E-state index contributed by atoms with van der Waals surface area (Å²) in [6.07, 6.45) is 5.29. The van der Waals surface area contributed by atoms with Gasteiger partial charge in [-0.15, -0.1) is 0 Å². The van der Waals surface area contributed by atoms with Crippen molar-refractivity contribution in [3.63, 3.8) is 0 Å². The number of hydrogen-bond donors (Lipinski definition) is 1. The Labute approximate surface area is 156 Å². The standard InChI is InChI=1S/C20H25F3N2O2/c21-20(22,23)16-2-1-5-25(18(16)27)12-17(26)24-4-3-19-9-13-6-14(10-19)8-15(7-13)11-19/h1-2,5,13-15H,3-4,6-12H2,(H,24,26). The SMILES string of the molecule is O=C(Cn1cccc(C(F)(F)F)c1=O)NCCC12CC3CC(CC(C3)C1)C2. The molecule has 0 atom stereocenters. The first kappa shape index (κ1) is 18.6. The van der Waals surface area contributed by atoms with Crippen molar-refractivity contribution in [2.75, 3.05) is 6.54 Å². The molecule has 148 valence electrons. The lowest BCUT2D eigenvalue weighted by molar-refractivity contribution is -0.139. The Morgan fingerprint density at radius 3 is 2.30 bits per heavy atom. The number of rotatable bonds is 5. The number of aromatic nitrogens is 1. The maximum Gasteiger partial charge on any atom is 0.421 e. The van der Waals surface area contributed by atoms with Crippen LogP contribution in [0.3, 0.4) is 0 Å². The molecule has 1 amide bonds. The zero-order valence-corrected chi connectivity index (χ0v) is 15.2. The third-order valence-electron chi connectivity index (χ3n) is 6.78. The van der Waals surface area contributed by atoms with Gasteiger partial charge in [-0.2, -0.15) is 13.2 Å². The Balaban J connectivity index is 1.33. The fraction of sp³-hybridized carbons (Fsp3) is 0.700. The molecule has 4 fully saturated rings. The molecule has 4 saturated carbocycles. The van der Waals surface area contributed by atoms with Crippen LogP contribution in [0.15, 0.2) is 23.1 Å². The van der Waals surface area contributed by atoms with Crippen molar-refractivity contribution >= 4 is 5.91 Å². The molecule has 4 nitrogen and oxygen atoms in total. The van der Waals surface area contributed by atoms with Crippen molar-refractivity contribution < 1.29 is 18.0 Å². The zero-order valence-electron chi connectivity index (χ0n) is 15.2. The van der Waals surface area contributed by atoms with Crippen LogP contribution in [0.1, 0.15) is 50.5 Å². The summed E-state index contributed by atoms with van der Waals surface area (Å²) in [4.78, 5) is 24.1. The minimum atomic E-state index is -4.71. The number of halogens is 3. The summed E-state index contributed by atoms with van der Waals surface area (Å²) in [5, 5.41) is 2.81. The maximum absolute atomic E-state index is 12.8. The fourth-order valence-corrected chi connectivity index (χ4v) is 6.15. The Morgan fingerprint density at radius 2 is 1.74 bits per heavy atom. The molecule has 1 aromatic rings. The summed E-state index contributed by atoms with van der Waals surface area (Å²) >= 11 is 0. The first-order valence-electron chi connectivity index (χ1n) is 9.77. The normalized spacial score (nSPS) is 31.9. The van der Waals surface area contributed by atoms with Crippen molar-refractivity contribution in [2.24, 2.45) is 23.2 Å². The van der Waals surface area contributed by atoms with E-state index in [9.17, 15) is 22.8 Å². The zero-order chi connectivity index (χ0) is 19.2. The number of nitrogens with one attached hydrogen (secondary N) is 1. The van der Waals surface area contributed by atoms with E-state index in [0.717, 1.165) is 40.9 Å². The van der Waals surface area contributed by atoms with Crippen molar-refractivity contribution in [1.29, 1.82) is 0 Å². The Morgan fingerprint density at radius 1 is 1.15 bits per heavy atom. The van der Waals surface area contributed by atoms with Gasteiger partial charge in [-0.1, -0.05) is 0 Å². The number of nitrogens with zero attached hydrogens (tertiary/aromatic N) is 1. The van der Waals surface area contributed by atoms with E-state index in [0.29, 0.717) is 12.0 Å². The number of pyridine rings is 1. The van der Waals surface area contributed by atoms with Crippen LogP contribution < -0.4 is 10.9 Å². The van der Waals surface area contributed by atoms with E-state index >= 15 is 0 Å². The van der Waals surface area contributed by atoms with Gasteiger partial charge >= 0.3 is 6.18 Å². The lowest BCUT2D eigenvalue weighted by Gasteiger charge is -2.57. The molecule has 1 aromatic heterocycles. The second-order valence-corrected chi connectivity index (χ2v) is 8.87. The highest BCUT2D eigenvalue weighted by molar-refractivity contribution is 5.75. The van der Waals surface area contributed by atoms with E-state index in [1.807, 2.05) is 0 Å². The lowest BCUT2D eigenvalue weighted by atomic mass is 9.49. The topological polar surface area (TPSA) is 51.1 Å². The molecule has 0 aromatic carbocycles. The minimum Gasteiger partial charge on any atom is -0.355 e. The Hall–Kier alpha value is -1.79. The first-order chi connectivity index (χ1) is 12.7. The van der Waals surface area contributed by atoms with Crippen LogP contribution in [0.4, 0.5) is 13.2 Å². The molecule has 0 saturated heterocycles. The van der Waals surface area contributed by atoms with Gasteiger partial charge in [0.25, 0.3) is 5.56 Å². The van der Waals surface area contributed by atoms with Crippen LogP contribution in [0, 0.1) is 23.2 Å². The van der Waals surface area contributed by atoms with Gasteiger partial charge in [0.2, 0.25) is 5.91 Å². The van der Waals surface area contributed by atoms with Gasteiger partial charge in [-0.3, -0.25) is 9.59 Å². The van der Waals surface area contributed by atoms with E-state index in [1.165, 1.54) is 44.7 Å². The molecular formula is C20H25F3N2O2. The van der Waals surface area contributed by atoms with Gasteiger partial charge in [0.1, 0.15) is 12.1 Å². The molecule has 4 aliphatic carbocycles. The maximum atomic E-state index is 12.8. The summed E-state index contributed by atoms with van der Waals surface area (Å²) in [7, 11) is 0. The van der Waals surface area contributed by atoms with Crippen LogP contribution >= 0.6 is 0 Å². The first-order valence-corrected chi connectivity index (χ1v) is 9.77. The van der Waals surface area contributed by atoms with Crippen molar-refractivity contribution in [3.8, 4) is 0 Å². The van der Waals surface area contributed by atoms with Gasteiger partial charge in [-0.25, -0.2) is 0 Å². The Bertz CT molecular complexity index is 749. The molecule has 0 aliphatic heterocycles. The molecule has 1 N–H and O–H groups in total. The van der Waals surface area contributed by atoms with E-state index in [1.54, 1.807) is 0 Å². The molecule has 0 unspecified atom stereocenters. The highest BCUT2D eigenvalue weighted by Gasteiger charge is 2.50. The number of alkyl halides is 3. The van der Waals surface area contributed by atoms with Crippen molar-refractivity contribution in [1.82, 2.24) is 9.88 Å². The minimum absolute atomic E-state index is 0.342. The van der Waals surface area contributed by atoms with E-state index in [-0.39, 0.29) is 6.54 Å². The summed E-state index contributed by atoms with van der Waals surface area (Å²) < 4.78 is 39.3. The molecule has 4 bridgehead atoms. The smallest absolute Gasteiger partial charge is 0.355 e. The Kier molecular flexibility index (Phi) is 4.59. The molecule has 0 radical (unpaired) electrons. The molecule has 0 spiro atoms. The fourth-order valence-electron chi connectivity index (χ4n) is 6.15. The van der Waals surface area contributed by atoms with Crippen molar-refractivity contribution in [3.05, 3.63) is 34.2 Å². The second-order valence-electron chi connectivity index (χ2n) is 8.87. The third kappa shape index (κ3) is 3.78. The second kappa shape index (κ2) is 6.67. The number of hydrogen-bond acceptors (Lipinski definition) is 2. The van der Waals surface area contributed by atoms with Crippen LogP contribution in [-0.2, 0) is 17.5 Å². The third-order valence-corrected chi connectivity index (χ3v) is 6.78.